The van der Waals surface area contributed by atoms with Crippen molar-refractivity contribution in [3.05, 3.63) is 56.5 Å². The monoisotopic (exact) mass is 373 g/mol. The molecule has 0 aliphatic heterocycles. The van der Waals surface area contributed by atoms with Crippen molar-refractivity contribution in [2.75, 3.05) is 6.54 Å². The molecule has 0 heterocycles. The minimum absolute atomic E-state index is 0.512. The summed E-state index contributed by atoms with van der Waals surface area (Å²) in [5.41, 5.74) is 1.16. The van der Waals surface area contributed by atoms with E-state index in [1.165, 1.54) is 0 Å². The predicted molar refractivity (Wildman–Crippen MR) is 88.1 cm³/mol. The van der Waals surface area contributed by atoms with Crippen molar-refractivity contribution < 1.29 is 4.74 Å². The molecule has 0 saturated carbocycles. The Balaban J connectivity index is 2.19. The average Bonchev–Trinajstić information content (AvgIpc) is 2.43. The van der Waals surface area contributed by atoms with E-state index in [4.69, 9.17) is 27.9 Å². The average molecular weight is 375 g/mol. The van der Waals surface area contributed by atoms with Crippen LogP contribution in [-0.2, 0) is 6.54 Å². The van der Waals surface area contributed by atoms with Crippen molar-refractivity contribution in [3.8, 4) is 11.5 Å². The van der Waals surface area contributed by atoms with Gasteiger partial charge in [0.25, 0.3) is 0 Å². The molecular formula is C15H14BrCl2NO. The quantitative estimate of drug-likeness (QED) is 0.682. The van der Waals surface area contributed by atoms with Crippen molar-refractivity contribution in [3.63, 3.8) is 0 Å². The highest BCUT2D eigenvalue weighted by atomic mass is 79.9. The fourth-order valence-corrected chi connectivity index (χ4v) is 2.53. The molecule has 5 heteroatoms. The molecule has 1 N–H and O–H groups in total. The normalized spacial score (nSPS) is 10.6. The molecule has 0 aliphatic rings. The van der Waals surface area contributed by atoms with Gasteiger partial charge in [0.15, 0.2) is 0 Å². The van der Waals surface area contributed by atoms with E-state index in [-0.39, 0.29) is 0 Å². The fraction of sp³-hybridized carbons (Fsp3) is 0.200. The molecule has 0 aromatic heterocycles. The van der Waals surface area contributed by atoms with Crippen molar-refractivity contribution in [2.45, 2.75) is 13.5 Å². The molecule has 0 spiro atoms. The van der Waals surface area contributed by atoms with Crippen LogP contribution in [0.2, 0.25) is 10.0 Å². The smallest absolute Gasteiger partial charge is 0.147 e. The molecule has 2 nitrogen and oxygen atoms in total. The summed E-state index contributed by atoms with van der Waals surface area (Å²) in [5, 5.41) is 4.35. The molecule has 0 radical (unpaired) electrons. The maximum atomic E-state index is 6.15. The van der Waals surface area contributed by atoms with Gasteiger partial charge < -0.3 is 10.1 Å². The molecule has 2 aromatic rings. The zero-order valence-corrected chi connectivity index (χ0v) is 14.0. The highest BCUT2D eigenvalue weighted by molar-refractivity contribution is 9.10. The van der Waals surface area contributed by atoms with Gasteiger partial charge in [-0.1, -0.05) is 42.3 Å². The van der Waals surface area contributed by atoms with Gasteiger partial charge in [-0.05, 0) is 46.2 Å². The van der Waals surface area contributed by atoms with Crippen LogP contribution in [0.3, 0.4) is 0 Å². The van der Waals surface area contributed by atoms with E-state index >= 15 is 0 Å². The Kier molecular flexibility index (Phi) is 5.73. The topological polar surface area (TPSA) is 21.3 Å². The molecule has 20 heavy (non-hydrogen) atoms. The molecule has 0 bridgehead atoms. The third-order valence-corrected chi connectivity index (χ3v) is 4.17. The van der Waals surface area contributed by atoms with E-state index < -0.39 is 0 Å². The molecule has 0 saturated heterocycles. The van der Waals surface area contributed by atoms with Gasteiger partial charge in [-0.2, -0.15) is 0 Å². The summed E-state index contributed by atoms with van der Waals surface area (Å²) >= 11 is 15.5. The number of rotatable bonds is 5. The SMILES string of the molecule is CCNCc1cccc(Oc2cc(Cl)c(Br)cc2Cl)c1. The summed E-state index contributed by atoms with van der Waals surface area (Å²) in [7, 11) is 0. The third kappa shape index (κ3) is 4.13. The van der Waals surface area contributed by atoms with E-state index in [2.05, 4.69) is 28.2 Å². The largest absolute Gasteiger partial charge is 0.456 e. The van der Waals surface area contributed by atoms with Crippen molar-refractivity contribution >= 4 is 39.1 Å². The van der Waals surface area contributed by atoms with Gasteiger partial charge in [0.2, 0.25) is 0 Å². The van der Waals surface area contributed by atoms with Crippen LogP contribution in [0.5, 0.6) is 11.5 Å². The van der Waals surface area contributed by atoms with Gasteiger partial charge >= 0.3 is 0 Å². The van der Waals surface area contributed by atoms with Gasteiger partial charge in [-0.3, -0.25) is 0 Å². The molecular weight excluding hydrogens is 361 g/mol. The summed E-state index contributed by atoms with van der Waals surface area (Å²) < 4.78 is 6.55. The van der Waals surface area contributed by atoms with Crippen molar-refractivity contribution in [2.24, 2.45) is 0 Å². The summed E-state index contributed by atoms with van der Waals surface area (Å²) in [6, 6.07) is 11.3. The highest BCUT2D eigenvalue weighted by Gasteiger charge is 2.08. The second-order valence-corrected chi connectivity index (χ2v) is 5.90. The Morgan fingerprint density at radius 1 is 1.15 bits per heavy atom. The van der Waals surface area contributed by atoms with E-state index in [0.717, 1.165) is 28.9 Å². The molecule has 2 rings (SSSR count). The summed E-state index contributed by atoms with van der Waals surface area (Å²) in [6.45, 7) is 3.81. The van der Waals surface area contributed by atoms with Gasteiger partial charge in [0, 0.05) is 17.1 Å². The molecule has 2 aromatic carbocycles. The lowest BCUT2D eigenvalue weighted by Gasteiger charge is -2.10. The molecule has 0 amide bonds. The Bertz CT molecular complexity index is 604. The lowest BCUT2D eigenvalue weighted by Crippen LogP contribution is -2.11. The minimum atomic E-state index is 0.512. The van der Waals surface area contributed by atoms with Crippen molar-refractivity contribution in [1.82, 2.24) is 5.32 Å². The van der Waals surface area contributed by atoms with Gasteiger partial charge in [-0.15, -0.1) is 0 Å². The fourth-order valence-electron chi connectivity index (χ4n) is 1.70. The molecule has 0 unspecified atom stereocenters. The molecule has 0 aliphatic carbocycles. The maximum Gasteiger partial charge on any atom is 0.147 e. The maximum absolute atomic E-state index is 6.15. The van der Waals surface area contributed by atoms with E-state index in [9.17, 15) is 0 Å². The molecule has 0 atom stereocenters. The van der Waals surface area contributed by atoms with Gasteiger partial charge in [-0.25, -0.2) is 0 Å². The number of hydrogen-bond donors (Lipinski definition) is 1. The zero-order chi connectivity index (χ0) is 14.5. The number of nitrogens with one attached hydrogen (secondary N) is 1. The standard InChI is InChI=1S/C15H14BrCl2NO/c1-2-19-9-10-4-3-5-11(6-10)20-15-8-13(17)12(16)7-14(15)18/h3-8,19H,2,9H2,1H3. The number of ether oxygens (including phenoxy) is 1. The van der Waals surface area contributed by atoms with Crippen LogP contribution in [0.15, 0.2) is 40.9 Å². The Morgan fingerprint density at radius 2 is 1.95 bits per heavy atom. The summed E-state index contributed by atoms with van der Waals surface area (Å²) in [5.74, 6) is 1.28. The first-order valence-electron chi connectivity index (χ1n) is 6.22. The van der Waals surface area contributed by atoms with E-state index in [1.54, 1.807) is 12.1 Å². The molecule has 106 valence electrons. The van der Waals surface area contributed by atoms with E-state index in [0.29, 0.717) is 15.8 Å². The predicted octanol–water partition coefficient (Wildman–Crippen LogP) is 5.66. The van der Waals surface area contributed by atoms with Gasteiger partial charge in [0.1, 0.15) is 11.5 Å². The first-order chi connectivity index (χ1) is 9.60. The zero-order valence-electron chi connectivity index (χ0n) is 10.9. The highest BCUT2D eigenvalue weighted by Crippen LogP contribution is 2.36. The molecule has 0 fully saturated rings. The van der Waals surface area contributed by atoms with Crippen LogP contribution in [0, 0.1) is 0 Å². The van der Waals surface area contributed by atoms with Crippen molar-refractivity contribution in [1.29, 1.82) is 0 Å². The van der Waals surface area contributed by atoms with Crippen LogP contribution >= 0.6 is 39.1 Å². The lowest BCUT2D eigenvalue weighted by molar-refractivity contribution is 0.482. The number of hydrogen-bond acceptors (Lipinski definition) is 2. The Morgan fingerprint density at radius 3 is 2.70 bits per heavy atom. The van der Waals surface area contributed by atoms with Crippen LogP contribution < -0.4 is 10.1 Å². The second-order valence-electron chi connectivity index (χ2n) is 4.23. The summed E-state index contributed by atoms with van der Waals surface area (Å²) in [6.07, 6.45) is 0. The van der Waals surface area contributed by atoms with Crippen LogP contribution in [0.25, 0.3) is 0 Å². The van der Waals surface area contributed by atoms with E-state index in [1.807, 2.05) is 24.3 Å². The Hall–Kier alpha value is -0.740. The summed E-state index contributed by atoms with van der Waals surface area (Å²) in [4.78, 5) is 0. The minimum Gasteiger partial charge on any atom is -0.456 e. The Labute approximate surface area is 137 Å². The third-order valence-electron chi connectivity index (χ3n) is 2.68. The first-order valence-corrected chi connectivity index (χ1v) is 7.77. The number of halogens is 3. The lowest BCUT2D eigenvalue weighted by atomic mass is 10.2. The van der Waals surface area contributed by atoms with Crippen LogP contribution in [-0.4, -0.2) is 6.54 Å². The first kappa shape index (κ1) is 15.6. The van der Waals surface area contributed by atoms with Gasteiger partial charge in [0.05, 0.1) is 10.0 Å². The van der Waals surface area contributed by atoms with Crippen LogP contribution in [0.4, 0.5) is 0 Å². The second kappa shape index (κ2) is 7.32. The van der Waals surface area contributed by atoms with Crippen LogP contribution in [0.1, 0.15) is 12.5 Å². The number of benzene rings is 2.